The summed E-state index contributed by atoms with van der Waals surface area (Å²) in [6, 6.07) is 23.8. The summed E-state index contributed by atoms with van der Waals surface area (Å²) in [7, 11) is 4.11. The van der Waals surface area contributed by atoms with Gasteiger partial charge in [-0.25, -0.2) is 4.79 Å². The van der Waals surface area contributed by atoms with Crippen LogP contribution in [0, 0.1) is 0 Å². The first kappa shape index (κ1) is 21.6. The Hall–Kier alpha value is -3.64. The molecule has 1 heterocycles. The molecule has 0 saturated heterocycles. The van der Waals surface area contributed by atoms with E-state index >= 15 is 0 Å². The van der Waals surface area contributed by atoms with Gasteiger partial charge in [0, 0.05) is 26.1 Å². The van der Waals surface area contributed by atoms with E-state index in [-0.39, 0.29) is 18.9 Å². The van der Waals surface area contributed by atoms with Crippen LogP contribution < -0.4 is 11.1 Å². The average Bonchev–Trinajstić information content (AvgIpc) is 3.11. The smallest absolute Gasteiger partial charge is 0.408 e. The normalized spacial score (nSPS) is 11.2. The zero-order valence-electron chi connectivity index (χ0n) is 18.4. The summed E-state index contributed by atoms with van der Waals surface area (Å²) >= 11 is 0. The van der Waals surface area contributed by atoms with Gasteiger partial charge in [0.05, 0.1) is 5.52 Å². The number of para-hydroxylation sites is 2. The summed E-state index contributed by atoms with van der Waals surface area (Å²) in [6.45, 7) is 1.60. The van der Waals surface area contributed by atoms with E-state index in [1.54, 1.807) is 6.07 Å². The number of carbonyl (C=O) groups excluding carboxylic acids is 1. The second kappa shape index (κ2) is 9.66. The van der Waals surface area contributed by atoms with Crippen LogP contribution in [0.1, 0.15) is 17.5 Å². The summed E-state index contributed by atoms with van der Waals surface area (Å²) in [5.74, 6) is -0.555. The Morgan fingerprint density at radius 1 is 0.969 bits per heavy atom. The topological polar surface area (TPSA) is 67.5 Å². The van der Waals surface area contributed by atoms with Crippen LogP contribution in [0.25, 0.3) is 22.2 Å². The van der Waals surface area contributed by atoms with Crippen molar-refractivity contribution in [2.75, 3.05) is 14.1 Å². The summed E-state index contributed by atoms with van der Waals surface area (Å²) in [6.07, 6.45) is 0.199. The van der Waals surface area contributed by atoms with Crippen LogP contribution in [0.4, 0.5) is 0 Å². The van der Waals surface area contributed by atoms with E-state index in [1.165, 1.54) is 10.1 Å². The maximum atomic E-state index is 12.5. The minimum atomic E-state index is -0.443. The number of aromatic nitrogens is 1. The molecule has 0 radical (unpaired) electrons. The predicted octanol–water partition coefficient (Wildman–Crippen LogP) is 4.03. The Balaban J connectivity index is 1.40. The average molecular weight is 430 g/mol. The molecule has 1 aromatic heterocycles. The molecule has 0 aliphatic carbocycles. The molecule has 0 atom stereocenters. The molecule has 1 amide bonds. The van der Waals surface area contributed by atoms with Gasteiger partial charge in [0.1, 0.15) is 0 Å². The SMILES string of the molecule is CN(C)Cc1ccc(-c2ccccc2CNC(=O)CCn2c(=O)oc3ccccc32)cc1. The first-order valence-corrected chi connectivity index (χ1v) is 10.7. The highest BCUT2D eigenvalue weighted by atomic mass is 16.4. The Bertz CT molecular complexity index is 1270. The van der Waals surface area contributed by atoms with E-state index in [0.29, 0.717) is 17.6 Å². The van der Waals surface area contributed by atoms with Crippen molar-refractivity contribution < 1.29 is 9.21 Å². The largest absolute Gasteiger partial charge is 0.419 e. The molecule has 0 aliphatic heterocycles. The van der Waals surface area contributed by atoms with Gasteiger partial charge in [0.2, 0.25) is 5.91 Å². The summed E-state index contributed by atoms with van der Waals surface area (Å²) in [5.41, 5.74) is 5.76. The fourth-order valence-corrected chi connectivity index (χ4v) is 3.83. The zero-order valence-corrected chi connectivity index (χ0v) is 18.4. The summed E-state index contributed by atoms with van der Waals surface area (Å²) < 4.78 is 6.73. The van der Waals surface area contributed by atoms with Crippen molar-refractivity contribution in [2.24, 2.45) is 0 Å². The van der Waals surface area contributed by atoms with Crippen LogP contribution in [-0.2, 0) is 24.4 Å². The van der Waals surface area contributed by atoms with E-state index in [4.69, 9.17) is 4.42 Å². The first-order valence-electron chi connectivity index (χ1n) is 10.7. The third-order valence-electron chi connectivity index (χ3n) is 5.39. The fourth-order valence-electron chi connectivity index (χ4n) is 3.83. The highest BCUT2D eigenvalue weighted by molar-refractivity contribution is 5.77. The van der Waals surface area contributed by atoms with Crippen LogP contribution >= 0.6 is 0 Å². The highest BCUT2D eigenvalue weighted by Crippen LogP contribution is 2.24. The second-order valence-corrected chi connectivity index (χ2v) is 8.11. The molecule has 0 bridgehead atoms. The molecule has 3 aromatic carbocycles. The number of nitrogens with one attached hydrogen (secondary N) is 1. The molecule has 0 aliphatic rings. The van der Waals surface area contributed by atoms with Crippen molar-refractivity contribution in [1.82, 2.24) is 14.8 Å². The summed E-state index contributed by atoms with van der Waals surface area (Å²) in [5, 5.41) is 2.98. The van der Waals surface area contributed by atoms with Gasteiger partial charge in [0.25, 0.3) is 0 Å². The van der Waals surface area contributed by atoms with E-state index in [0.717, 1.165) is 23.2 Å². The lowest BCUT2D eigenvalue weighted by Crippen LogP contribution is -2.26. The Kier molecular flexibility index (Phi) is 6.52. The van der Waals surface area contributed by atoms with Crippen molar-refractivity contribution in [3.8, 4) is 11.1 Å². The van der Waals surface area contributed by atoms with Crippen LogP contribution in [0.3, 0.4) is 0 Å². The number of benzene rings is 3. The highest BCUT2D eigenvalue weighted by Gasteiger charge is 2.11. The minimum absolute atomic E-state index is 0.113. The standard InChI is InChI=1S/C26H27N3O3/c1-28(2)18-19-11-13-20(14-12-19)22-8-4-3-7-21(22)17-27-25(30)15-16-29-23-9-5-6-10-24(23)32-26(29)31/h3-14H,15-18H2,1-2H3,(H,27,30). The predicted molar refractivity (Wildman–Crippen MR) is 126 cm³/mol. The number of fused-ring (bicyclic) bond motifs is 1. The first-order chi connectivity index (χ1) is 15.5. The monoisotopic (exact) mass is 429 g/mol. The number of nitrogens with zero attached hydrogens (tertiary/aromatic N) is 2. The molecule has 1 N–H and O–H groups in total. The zero-order chi connectivity index (χ0) is 22.5. The molecule has 0 spiro atoms. The summed E-state index contributed by atoms with van der Waals surface area (Å²) in [4.78, 5) is 26.7. The molecule has 0 unspecified atom stereocenters. The molecule has 32 heavy (non-hydrogen) atoms. The molecule has 6 heteroatoms. The number of aryl methyl sites for hydroxylation is 1. The maximum Gasteiger partial charge on any atom is 0.419 e. The lowest BCUT2D eigenvalue weighted by molar-refractivity contribution is -0.121. The number of carbonyl (C=O) groups is 1. The van der Waals surface area contributed by atoms with Crippen LogP contribution in [0.15, 0.2) is 82.0 Å². The van der Waals surface area contributed by atoms with Gasteiger partial charge in [-0.15, -0.1) is 0 Å². The molecule has 4 aromatic rings. The van der Waals surface area contributed by atoms with Crippen molar-refractivity contribution >= 4 is 17.0 Å². The molecule has 0 saturated carbocycles. The number of oxazole rings is 1. The van der Waals surface area contributed by atoms with Crippen molar-refractivity contribution in [1.29, 1.82) is 0 Å². The minimum Gasteiger partial charge on any atom is -0.408 e. The fraction of sp³-hybridized carbons (Fsp3) is 0.231. The second-order valence-electron chi connectivity index (χ2n) is 8.11. The van der Waals surface area contributed by atoms with Gasteiger partial charge >= 0.3 is 5.76 Å². The lowest BCUT2D eigenvalue weighted by Gasteiger charge is -2.13. The number of hydrogen-bond acceptors (Lipinski definition) is 4. The van der Waals surface area contributed by atoms with Crippen molar-refractivity contribution in [3.63, 3.8) is 0 Å². The third-order valence-corrected chi connectivity index (χ3v) is 5.39. The van der Waals surface area contributed by atoms with Crippen LogP contribution in [0.5, 0.6) is 0 Å². The van der Waals surface area contributed by atoms with Gasteiger partial charge in [-0.2, -0.15) is 0 Å². The molecule has 6 nitrogen and oxygen atoms in total. The van der Waals surface area contributed by atoms with E-state index in [9.17, 15) is 9.59 Å². The van der Waals surface area contributed by atoms with E-state index in [2.05, 4.69) is 54.6 Å². The Morgan fingerprint density at radius 3 is 2.47 bits per heavy atom. The number of rotatable bonds is 8. The Labute approximate surface area is 187 Å². The third kappa shape index (κ3) is 4.98. The van der Waals surface area contributed by atoms with Crippen molar-refractivity contribution in [2.45, 2.75) is 26.1 Å². The van der Waals surface area contributed by atoms with Gasteiger partial charge in [-0.3, -0.25) is 9.36 Å². The van der Waals surface area contributed by atoms with Gasteiger partial charge < -0.3 is 14.6 Å². The van der Waals surface area contributed by atoms with Crippen LogP contribution in [0.2, 0.25) is 0 Å². The van der Waals surface area contributed by atoms with Gasteiger partial charge in [0.15, 0.2) is 5.58 Å². The van der Waals surface area contributed by atoms with E-state index in [1.807, 2.05) is 36.4 Å². The molecular weight excluding hydrogens is 402 g/mol. The van der Waals surface area contributed by atoms with Crippen molar-refractivity contribution in [3.05, 3.63) is 94.5 Å². The van der Waals surface area contributed by atoms with E-state index < -0.39 is 5.76 Å². The van der Waals surface area contributed by atoms with Crippen LogP contribution in [-0.4, -0.2) is 29.5 Å². The lowest BCUT2D eigenvalue weighted by atomic mass is 9.98. The maximum absolute atomic E-state index is 12.5. The number of hydrogen-bond donors (Lipinski definition) is 1. The van der Waals surface area contributed by atoms with Gasteiger partial charge in [-0.05, 0) is 48.5 Å². The Morgan fingerprint density at radius 2 is 1.69 bits per heavy atom. The molecule has 4 rings (SSSR count). The molecular formula is C26H27N3O3. The number of amides is 1. The van der Waals surface area contributed by atoms with Gasteiger partial charge in [-0.1, -0.05) is 60.7 Å². The molecule has 0 fully saturated rings. The molecule has 164 valence electrons. The quantitative estimate of drug-likeness (QED) is 0.459.